The van der Waals surface area contributed by atoms with Gasteiger partial charge in [-0.25, -0.2) is 4.98 Å². The molecule has 14 heavy (non-hydrogen) atoms. The fourth-order valence-electron chi connectivity index (χ4n) is 1.25. The normalized spacial score (nSPS) is 10.8. The number of hydrogen-bond acceptors (Lipinski definition) is 2. The van der Waals surface area contributed by atoms with Crippen LogP contribution in [0.5, 0.6) is 0 Å². The highest BCUT2D eigenvalue weighted by Crippen LogP contribution is 2.16. The smallest absolute Gasteiger partial charge is 0.181 e. The van der Waals surface area contributed by atoms with Gasteiger partial charge in [-0.1, -0.05) is 44.2 Å². The minimum absolute atomic E-state index is 0. The summed E-state index contributed by atoms with van der Waals surface area (Å²) in [6.07, 6.45) is 0. The Kier molecular flexibility index (Phi) is 2.31. The molecule has 0 fully saturated rings. The van der Waals surface area contributed by atoms with Gasteiger partial charge in [-0.3, -0.25) is 5.10 Å². The average Bonchev–Trinajstić information content (AvgIpc) is 2.68. The van der Waals surface area contributed by atoms with Gasteiger partial charge >= 0.3 is 0 Å². The predicted octanol–water partition coefficient (Wildman–Crippen LogP) is 2.84. The molecule has 0 atom stereocenters. The summed E-state index contributed by atoms with van der Waals surface area (Å²) in [5.74, 6) is 2.10. The van der Waals surface area contributed by atoms with Crippen molar-refractivity contribution in [2.45, 2.75) is 19.8 Å². The Balaban J connectivity index is 0.00000112. The van der Waals surface area contributed by atoms with Crippen LogP contribution in [0.1, 0.15) is 27.0 Å². The molecule has 0 bridgehead atoms. The average molecular weight is 189 g/mol. The second kappa shape index (κ2) is 3.62. The minimum Gasteiger partial charge on any atom is -0.262 e. The first-order valence-corrected chi connectivity index (χ1v) is 4.75. The van der Waals surface area contributed by atoms with Crippen molar-refractivity contribution in [2.75, 3.05) is 0 Å². The van der Waals surface area contributed by atoms with Crippen LogP contribution in [-0.2, 0) is 0 Å². The van der Waals surface area contributed by atoms with Crippen LogP contribution in [0.4, 0.5) is 0 Å². The summed E-state index contributed by atoms with van der Waals surface area (Å²) in [4.78, 5) is 4.41. The molecule has 0 saturated carbocycles. The van der Waals surface area contributed by atoms with E-state index in [1.165, 1.54) is 0 Å². The third-order valence-electron chi connectivity index (χ3n) is 2.08. The standard InChI is InChI=1S/C11H13N3.H2/c1-8(2)10-12-11(14-13-10)9-6-4-3-5-7-9;/h3-8H,1-2H3,(H,12,13,14);1H. The van der Waals surface area contributed by atoms with Crippen LogP contribution >= 0.6 is 0 Å². The van der Waals surface area contributed by atoms with Gasteiger partial charge in [0.05, 0.1) is 0 Å². The van der Waals surface area contributed by atoms with Crippen molar-refractivity contribution in [3.05, 3.63) is 36.2 Å². The van der Waals surface area contributed by atoms with E-state index in [0.29, 0.717) is 5.92 Å². The van der Waals surface area contributed by atoms with Crippen molar-refractivity contribution in [3.63, 3.8) is 0 Å². The van der Waals surface area contributed by atoms with Gasteiger partial charge in [0.2, 0.25) is 0 Å². The van der Waals surface area contributed by atoms with Gasteiger partial charge < -0.3 is 0 Å². The summed E-state index contributed by atoms with van der Waals surface area (Å²) in [5, 5.41) is 7.11. The van der Waals surface area contributed by atoms with Crippen LogP contribution in [0, 0.1) is 0 Å². The number of nitrogens with zero attached hydrogens (tertiary/aromatic N) is 2. The molecule has 0 unspecified atom stereocenters. The van der Waals surface area contributed by atoms with Crippen molar-refractivity contribution in [2.24, 2.45) is 0 Å². The summed E-state index contributed by atoms with van der Waals surface area (Å²) in [5.41, 5.74) is 1.05. The first-order chi connectivity index (χ1) is 6.77. The van der Waals surface area contributed by atoms with Crippen LogP contribution in [0.3, 0.4) is 0 Å². The molecule has 74 valence electrons. The molecule has 0 amide bonds. The summed E-state index contributed by atoms with van der Waals surface area (Å²) in [7, 11) is 0. The van der Waals surface area contributed by atoms with Gasteiger partial charge in [0, 0.05) is 12.9 Å². The monoisotopic (exact) mass is 189 g/mol. The number of nitrogens with one attached hydrogen (secondary N) is 1. The Morgan fingerprint density at radius 1 is 1.21 bits per heavy atom. The van der Waals surface area contributed by atoms with Crippen molar-refractivity contribution in [1.29, 1.82) is 0 Å². The number of benzene rings is 1. The van der Waals surface area contributed by atoms with Gasteiger partial charge in [-0.2, -0.15) is 5.10 Å². The van der Waals surface area contributed by atoms with E-state index in [9.17, 15) is 0 Å². The molecule has 2 aromatic rings. The SMILES string of the molecule is CC(C)c1nc(-c2ccccc2)n[nH]1.[HH]. The molecule has 1 aromatic carbocycles. The lowest BCUT2D eigenvalue weighted by molar-refractivity contribution is 0.781. The van der Waals surface area contributed by atoms with Gasteiger partial charge in [0.25, 0.3) is 0 Å². The molecule has 2 rings (SSSR count). The molecule has 0 saturated heterocycles. The maximum Gasteiger partial charge on any atom is 0.181 e. The summed E-state index contributed by atoms with van der Waals surface area (Å²) in [6.45, 7) is 4.19. The van der Waals surface area contributed by atoms with Crippen molar-refractivity contribution >= 4 is 0 Å². The highest BCUT2D eigenvalue weighted by atomic mass is 15.2. The molecular weight excluding hydrogens is 174 g/mol. The number of rotatable bonds is 2. The molecule has 3 nitrogen and oxygen atoms in total. The maximum absolute atomic E-state index is 4.41. The maximum atomic E-state index is 4.41. The number of aromatic nitrogens is 3. The van der Waals surface area contributed by atoms with Crippen molar-refractivity contribution < 1.29 is 1.43 Å². The zero-order valence-electron chi connectivity index (χ0n) is 8.36. The minimum atomic E-state index is 0. The first-order valence-electron chi connectivity index (χ1n) is 4.75. The Bertz CT molecular complexity index is 409. The summed E-state index contributed by atoms with van der Waals surface area (Å²) < 4.78 is 0. The summed E-state index contributed by atoms with van der Waals surface area (Å²) in [6, 6.07) is 9.97. The molecule has 1 aromatic heterocycles. The quantitative estimate of drug-likeness (QED) is 0.789. The van der Waals surface area contributed by atoms with Crippen molar-refractivity contribution in [3.8, 4) is 11.4 Å². The summed E-state index contributed by atoms with van der Waals surface area (Å²) >= 11 is 0. The van der Waals surface area contributed by atoms with Crippen LogP contribution < -0.4 is 0 Å². The Labute approximate surface area is 84.7 Å². The van der Waals surface area contributed by atoms with E-state index >= 15 is 0 Å². The van der Waals surface area contributed by atoms with Gasteiger partial charge in [-0.05, 0) is 0 Å². The lowest BCUT2D eigenvalue weighted by atomic mass is 10.2. The molecule has 0 aliphatic heterocycles. The highest BCUT2D eigenvalue weighted by molar-refractivity contribution is 5.53. The van der Waals surface area contributed by atoms with Crippen LogP contribution in [-0.4, -0.2) is 15.2 Å². The molecule has 1 N–H and O–H groups in total. The lowest BCUT2D eigenvalue weighted by Crippen LogP contribution is -1.89. The molecule has 0 radical (unpaired) electrons. The topological polar surface area (TPSA) is 41.6 Å². The van der Waals surface area contributed by atoms with E-state index in [-0.39, 0.29) is 1.43 Å². The van der Waals surface area contributed by atoms with E-state index in [1.54, 1.807) is 0 Å². The Morgan fingerprint density at radius 3 is 2.50 bits per heavy atom. The second-order valence-corrected chi connectivity index (χ2v) is 3.56. The number of hydrogen-bond donors (Lipinski definition) is 1. The molecule has 0 spiro atoms. The van der Waals surface area contributed by atoms with Gasteiger partial charge in [0.1, 0.15) is 5.82 Å². The highest BCUT2D eigenvalue weighted by Gasteiger charge is 2.07. The predicted molar refractivity (Wildman–Crippen MR) is 58.0 cm³/mol. The first kappa shape index (κ1) is 8.94. The molecule has 0 aliphatic carbocycles. The second-order valence-electron chi connectivity index (χ2n) is 3.56. The van der Waals surface area contributed by atoms with Crippen LogP contribution in [0.25, 0.3) is 11.4 Å². The van der Waals surface area contributed by atoms with Gasteiger partial charge in [0.15, 0.2) is 5.82 Å². The van der Waals surface area contributed by atoms with E-state index < -0.39 is 0 Å². The lowest BCUT2D eigenvalue weighted by Gasteiger charge is -1.95. The molecular formula is C11H15N3. The Hall–Kier alpha value is -1.64. The molecule has 0 aliphatic rings. The number of H-pyrrole nitrogens is 1. The Morgan fingerprint density at radius 2 is 1.93 bits per heavy atom. The van der Waals surface area contributed by atoms with E-state index in [4.69, 9.17) is 0 Å². The van der Waals surface area contributed by atoms with Gasteiger partial charge in [-0.15, -0.1) is 0 Å². The van der Waals surface area contributed by atoms with Crippen molar-refractivity contribution in [1.82, 2.24) is 15.2 Å². The molecule has 1 heterocycles. The van der Waals surface area contributed by atoms with Crippen LogP contribution in [0.2, 0.25) is 0 Å². The van der Waals surface area contributed by atoms with E-state index in [0.717, 1.165) is 17.2 Å². The van der Waals surface area contributed by atoms with E-state index in [1.807, 2.05) is 30.3 Å². The fraction of sp³-hybridized carbons (Fsp3) is 0.273. The zero-order valence-corrected chi connectivity index (χ0v) is 8.36. The zero-order chi connectivity index (χ0) is 9.97. The fourth-order valence-corrected chi connectivity index (χ4v) is 1.25. The van der Waals surface area contributed by atoms with Crippen LogP contribution in [0.15, 0.2) is 30.3 Å². The molecule has 3 heteroatoms. The largest absolute Gasteiger partial charge is 0.262 e. The third-order valence-corrected chi connectivity index (χ3v) is 2.08. The number of aromatic amines is 1. The van der Waals surface area contributed by atoms with E-state index in [2.05, 4.69) is 29.0 Å². The third kappa shape index (κ3) is 1.66.